The molecule has 2 aliphatic heterocycles. The molecule has 0 amide bonds. The summed E-state index contributed by atoms with van der Waals surface area (Å²) in [7, 11) is 0. The predicted molar refractivity (Wildman–Crippen MR) is 33.1 cm³/mol. The SMILES string of the molecule is C1=CN2CNNN2C=C1. The topological polar surface area (TPSA) is 30.5 Å². The number of fused-ring (bicyclic) bond motifs is 1. The van der Waals surface area contributed by atoms with Crippen LogP contribution in [0.25, 0.3) is 0 Å². The lowest BCUT2D eigenvalue weighted by Crippen LogP contribution is -2.36. The maximum absolute atomic E-state index is 2.96. The number of hydrazine groups is 3. The molecule has 0 bridgehead atoms. The molecule has 2 heterocycles. The van der Waals surface area contributed by atoms with Gasteiger partial charge in [0.25, 0.3) is 0 Å². The van der Waals surface area contributed by atoms with Crippen LogP contribution in [0.1, 0.15) is 0 Å². The van der Waals surface area contributed by atoms with E-state index in [2.05, 4.69) is 11.0 Å². The molecule has 2 N–H and O–H groups in total. The van der Waals surface area contributed by atoms with Gasteiger partial charge in [0.05, 0.1) is 0 Å². The molecule has 2 rings (SSSR count). The molecule has 0 aliphatic carbocycles. The average Bonchev–Trinajstić information content (AvgIpc) is 2.33. The van der Waals surface area contributed by atoms with Crippen molar-refractivity contribution in [1.82, 2.24) is 21.1 Å². The van der Waals surface area contributed by atoms with Gasteiger partial charge in [0, 0.05) is 12.4 Å². The fourth-order valence-corrected chi connectivity index (χ4v) is 0.865. The number of hydrogen-bond acceptors (Lipinski definition) is 4. The van der Waals surface area contributed by atoms with Gasteiger partial charge in [-0.2, -0.15) is 0 Å². The van der Waals surface area contributed by atoms with Crippen LogP contribution in [-0.4, -0.2) is 16.8 Å². The largest absolute Gasteiger partial charge is 0.262 e. The third kappa shape index (κ3) is 0.684. The Hall–Kier alpha value is -1.00. The van der Waals surface area contributed by atoms with Crippen molar-refractivity contribution in [3.05, 3.63) is 24.6 Å². The van der Waals surface area contributed by atoms with Gasteiger partial charge in [0.15, 0.2) is 0 Å². The highest BCUT2D eigenvalue weighted by Gasteiger charge is 2.14. The molecule has 0 aromatic heterocycles. The summed E-state index contributed by atoms with van der Waals surface area (Å²) in [6, 6.07) is 0. The highest BCUT2D eigenvalue weighted by molar-refractivity contribution is 5.05. The zero-order valence-electron chi connectivity index (χ0n) is 4.91. The Morgan fingerprint density at radius 3 is 3.00 bits per heavy atom. The van der Waals surface area contributed by atoms with Crippen molar-refractivity contribution in [2.24, 2.45) is 0 Å². The molecule has 0 spiro atoms. The monoisotopic (exact) mass is 124 g/mol. The molecule has 0 aromatic rings. The smallest absolute Gasteiger partial charge is 0.104 e. The number of nitrogens with zero attached hydrogens (tertiary/aromatic N) is 2. The van der Waals surface area contributed by atoms with E-state index in [9.17, 15) is 0 Å². The summed E-state index contributed by atoms with van der Waals surface area (Å²) in [5.41, 5.74) is 5.89. The average molecular weight is 124 g/mol. The minimum atomic E-state index is 0.820. The predicted octanol–water partition coefficient (Wildman–Crippen LogP) is -0.473. The van der Waals surface area contributed by atoms with Gasteiger partial charge >= 0.3 is 0 Å². The van der Waals surface area contributed by atoms with Gasteiger partial charge < -0.3 is 0 Å². The van der Waals surface area contributed by atoms with Gasteiger partial charge in [-0.05, 0) is 12.2 Å². The summed E-state index contributed by atoms with van der Waals surface area (Å²) >= 11 is 0. The third-order valence-corrected chi connectivity index (χ3v) is 1.31. The van der Waals surface area contributed by atoms with E-state index in [4.69, 9.17) is 0 Å². The maximum atomic E-state index is 2.96. The Bertz CT molecular complexity index is 144. The van der Waals surface area contributed by atoms with Crippen molar-refractivity contribution >= 4 is 0 Å². The lowest BCUT2D eigenvalue weighted by molar-refractivity contribution is 0.0919. The molecule has 0 unspecified atom stereocenters. The Balaban J connectivity index is 2.18. The van der Waals surface area contributed by atoms with E-state index in [0.29, 0.717) is 0 Å². The van der Waals surface area contributed by atoms with E-state index < -0.39 is 0 Å². The van der Waals surface area contributed by atoms with Crippen molar-refractivity contribution in [2.75, 3.05) is 6.67 Å². The molecule has 4 nitrogen and oxygen atoms in total. The molecule has 4 heteroatoms. The van der Waals surface area contributed by atoms with Crippen LogP contribution in [0.2, 0.25) is 0 Å². The van der Waals surface area contributed by atoms with Gasteiger partial charge in [0.2, 0.25) is 0 Å². The second-order valence-corrected chi connectivity index (χ2v) is 1.91. The van der Waals surface area contributed by atoms with Crippen LogP contribution in [0.4, 0.5) is 0 Å². The van der Waals surface area contributed by atoms with Crippen LogP contribution in [0.15, 0.2) is 24.6 Å². The lowest BCUT2D eigenvalue weighted by Gasteiger charge is -2.23. The van der Waals surface area contributed by atoms with Gasteiger partial charge in [-0.1, -0.05) is 0 Å². The first-order valence-electron chi connectivity index (χ1n) is 2.86. The summed E-state index contributed by atoms with van der Waals surface area (Å²) in [6.45, 7) is 0.820. The molecule has 2 aliphatic rings. The van der Waals surface area contributed by atoms with Crippen molar-refractivity contribution in [2.45, 2.75) is 0 Å². The normalized spacial score (nSPS) is 23.1. The van der Waals surface area contributed by atoms with Crippen LogP contribution >= 0.6 is 0 Å². The lowest BCUT2D eigenvalue weighted by atomic mass is 10.5. The summed E-state index contributed by atoms with van der Waals surface area (Å²) in [5, 5.41) is 3.89. The second kappa shape index (κ2) is 1.75. The van der Waals surface area contributed by atoms with Gasteiger partial charge in [0.1, 0.15) is 6.67 Å². The highest BCUT2D eigenvalue weighted by Crippen LogP contribution is 2.03. The van der Waals surface area contributed by atoms with Crippen molar-refractivity contribution < 1.29 is 0 Å². The summed E-state index contributed by atoms with van der Waals surface area (Å²) in [6.07, 6.45) is 7.90. The first kappa shape index (κ1) is 4.84. The second-order valence-electron chi connectivity index (χ2n) is 1.91. The van der Waals surface area contributed by atoms with E-state index in [0.717, 1.165) is 6.67 Å². The molecule has 0 aromatic carbocycles. The summed E-state index contributed by atoms with van der Waals surface area (Å²) in [4.78, 5) is 0. The first-order valence-corrected chi connectivity index (χ1v) is 2.86. The number of rotatable bonds is 0. The van der Waals surface area contributed by atoms with E-state index in [1.807, 2.05) is 34.7 Å². The molecular formula is C5H8N4. The van der Waals surface area contributed by atoms with Crippen LogP contribution in [0, 0.1) is 0 Å². The summed E-state index contributed by atoms with van der Waals surface area (Å²) in [5.74, 6) is 0. The van der Waals surface area contributed by atoms with E-state index >= 15 is 0 Å². The molecule has 0 saturated carbocycles. The van der Waals surface area contributed by atoms with Gasteiger partial charge in [-0.3, -0.25) is 5.01 Å². The Labute approximate surface area is 53.3 Å². The molecule has 1 fully saturated rings. The molecule has 9 heavy (non-hydrogen) atoms. The molecule has 1 saturated heterocycles. The summed E-state index contributed by atoms with van der Waals surface area (Å²) < 4.78 is 0. The van der Waals surface area contributed by atoms with Crippen LogP contribution in [-0.2, 0) is 0 Å². The molecule has 0 radical (unpaired) electrons. The van der Waals surface area contributed by atoms with Crippen molar-refractivity contribution in [3.63, 3.8) is 0 Å². The zero-order valence-corrected chi connectivity index (χ0v) is 4.91. The molecule has 0 atom stereocenters. The third-order valence-electron chi connectivity index (χ3n) is 1.31. The van der Waals surface area contributed by atoms with Gasteiger partial charge in [-0.15, -0.1) is 5.53 Å². The minimum Gasteiger partial charge on any atom is -0.262 e. The van der Waals surface area contributed by atoms with Crippen molar-refractivity contribution in [3.8, 4) is 0 Å². The zero-order chi connectivity index (χ0) is 6.10. The number of hydrogen-bond donors (Lipinski definition) is 2. The van der Waals surface area contributed by atoms with Gasteiger partial charge in [-0.25, -0.2) is 10.5 Å². The van der Waals surface area contributed by atoms with Crippen LogP contribution in [0.3, 0.4) is 0 Å². The van der Waals surface area contributed by atoms with E-state index in [-0.39, 0.29) is 0 Å². The first-order chi connectivity index (χ1) is 4.47. The Morgan fingerprint density at radius 1 is 1.22 bits per heavy atom. The van der Waals surface area contributed by atoms with E-state index in [1.54, 1.807) is 0 Å². The molecular weight excluding hydrogens is 116 g/mol. The number of allylic oxidation sites excluding steroid dienone is 2. The standard InChI is InChI=1S/C5H8N4/c1-2-4-9-7-6-5-8(9)3-1/h1-4,6-7H,5H2. The molecule has 48 valence electrons. The van der Waals surface area contributed by atoms with E-state index in [1.165, 1.54) is 0 Å². The fraction of sp³-hybridized carbons (Fsp3) is 0.200. The van der Waals surface area contributed by atoms with Crippen LogP contribution in [0.5, 0.6) is 0 Å². The Kier molecular flexibility index (Phi) is 0.941. The minimum absolute atomic E-state index is 0.820. The fourth-order valence-electron chi connectivity index (χ4n) is 0.865. The Morgan fingerprint density at radius 2 is 2.11 bits per heavy atom. The quantitative estimate of drug-likeness (QED) is 0.457. The number of nitrogens with one attached hydrogen (secondary N) is 2. The highest BCUT2D eigenvalue weighted by atomic mass is 15.9. The van der Waals surface area contributed by atoms with Crippen molar-refractivity contribution in [1.29, 1.82) is 0 Å². The van der Waals surface area contributed by atoms with Crippen LogP contribution < -0.4 is 11.0 Å². The maximum Gasteiger partial charge on any atom is 0.104 e.